The van der Waals surface area contributed by atoms with E-state index in [0.29, 0.717) is 27.6 Å². The van der Waals surface area contributed by atoms with Crippen molar-refractivity contribution >= 4 is 28.7 Å². The minimum atomic E-state index is -0.314. The summed E-state index contributed by atoms with van der Waals surface area (Å²) in [6.45, 7) is 0.249. The first kappa shape index (κ1) is 16.1. The Morgan fingerprint density at radius 1 is 1.17 bits per heavy atom. The van der Waals surface area contributed by atoms with Crippen LogP contribution in [0.3, 0.4) is 0 Å². The molecule has 0 aliphatic rings. The molecule has 0 saturated carbocycles. The van der Waals surface area contributed by atoms with Gasteiger partial charge >= 0.3 is 12.0 Å². The second kappa shape index (κ2) is 7.23. The zero-order chi connectivity index (χ0) is 16.9. The summed E-state index contributed by atoms with van der Waals surface area (Å²) in [4.78, 5) is 15.2. The standard InChI is InChI=1S/C17H14ClNO5/c1-21-16(20)8-9-22-12-3-5-13(6-4-12)23-17-19-14-10-11(18)2-7-15(14)24-17/h2-7,10H,8-9H2,1H3. The average molecular weight is 348 g/mol. The van der Waals surface area contributed by atoms with Crippen LogP contribution in [-0.2, 0) is 9.53 Å². The van der Waals surface area contributed by atoms with Crippen molar-refractivity contribution in [2.45, 2.75) is 6.42 Å². The first-order valence-corrected chi connectivity index (χ1v) is 7.55. The topological polar surface area (TPSA) is 70.8 Å². The second-order valence-electron chi connectivity index (χ2n) is 4.84. The number of esters is 1. The maximum absolute atomic E-state index is 11.0. The van der Waals surface area contributed by atoms with Gasteiger partial charge in [0.25, 0.3) is 0 Å². The molecule has 0 radical (unpaired) electrons. The van der Waals surface area contributed by atoms with Crippen molar-refractivity contribution in [1.82, 2.24) is 4.98 Å². The molecule has 0 aliphatic carbocycles. The summed E-state index contributed by atoms with van der Waals surface area (Å²) in [6.07, 6.45) is 0.326. The van der Waals surface area contributed by atoms with Crippen molar-refractivity contribution in [3.05, 3.63) is 47.5 Å². The van der Waals surface area contributed by atoms with Crippen LogP contribution in [0.5, 0.6) is 17.6 Å². The van der Waals surface area contributed by atoms with Crippen molar-refractivity contribution in [1.29, 1.82) is 0 Å². The molecule has 7 heteroatoms. The Kier molecular flexibility index (Phi) is 4.86. The number of halogens is 1. The Labute approximate surface area is 142 Å². The van der Waals surface area contributed by atoms with E-state index in [2.05, 4.69) is 9.72 Å². The van der Waals surface area contributed by atoms with Gasteiger partial charge in [0.05, 0.1) is 20.1 Å². The van der Waals surface area contributed by atoms with Crippen LogP contribution in [0.1, 0.15) is 6.42 Å². The SMILES string of the molecule is COC(=O)CCOc1ccc(Oc2nc3cc(Cl)ccc3o2)cc1. The molecular weight excluding hydrogens is 334 g/mol. The van der Waals surface area contributed by atoms with Gasteiger partial charge in [0.15, 0.2) is 5.58 Å². The van der Waals surface area contributed by atoms with E-state index >= 15 is 0 Å². The minimum Gasteiger partial charge on any atom is -0.493 e. The fraction of sp³-hybridized carbons (Fsp3) is 0.176. The molecule has 2 aromatic carbocycles. The molecule has 0 aliphatic heterocycles. The highest BCUT2D eigenvalue weighted by atomic mass is 35.5. The number of methoxy groups -OCH3 is 1. The molecule has 3 aromatic rings. The van der Waals surface area contributed by atoms with Gasteiger partial charge in [0, 0.05) is 5.02 Å². The Bertz CT molecular complexity index is 844. The Balaban J connectivity index is 1.61. The number of ether oxygens (including phenoxy) is 3. The number of oxazole rings is 1. The fourth-order valence-corrected chi connectivity index (χ4v) is 2.15. The van der Waals surface area contributed by atoms with Crippen molar-refractivity contribution in [3.8, 4) is 17.6 Å². The predicted molar refractivity (Wildman–Crippen MR) is 87.7 cm³/mol. The third kappa shape index (κ3) is 3.97. The number of fused-ring (bicyclic) bond motifs is 1. The zero-order valence-electron chi connectivity index (χ0n) is 12.8. The van der Waals surface area contributed by atoms with Gasteiger partial charge in [-0.15, -0.1) is 0 Å². The van der Waals surface area contributed by atoms with E-state index in [1.807, 2.05) is 0 Å². The van der Waals surface area contributed by atoms with E-state index < -0.39 is 0 Å². The third-order valence-corrected chi connectivity index (χ3v) is 3.40. The summed E-state index contributed by atoms with van der Waals surface area (Å²) in [5.41, 5.74) is 1.22. The maximum atomic E-state index is 11.0. The second-order valence-corrected chi connectivity index (χ2v) is 5.28. The van der Waals surface area contributed by atoms with Crippen LogP contribution in [0.25, 0.3) is 11.1 Å². The number of aromatic nitrogens is 1. The van der Waals surface area contributed by atoms with Gasteiger partial charge in [0.2, 0.25) is 0 Å². The van der Waals surface area contributed by atoms with Gasteiger partial charge in [-0.25, -0.2) is 0 Å². The largest absolute Gasteiger partial charge is 0.493 e. The smallest absolute Gasteiger partial charge is 0.400 e. The molecule has 1 aromatic heterocycles. The first-order chi connectivity index (χ1) is 11.6. The van der Waals surface area contributed by atoms with Crippen molar-refractivity contribution < 1.29 is 23.4 Å². The maximum Gasteiger partial charge on any atom is 0.400 e. The Morgan fingerprint density at radius 2 is 1.92 bits per heavy atom. The van der Waals surface area contributed by atoms with Crippen LogP contribution >= 0.6 is 11.6 Å². The van der Waals surface area contributed by atoms with Crippen LogP contribution in [0.2, 0.25) is 5.02 Å². The number of rotatable bonds is 6. The van der Waals surface area contributed by atoms with E-state index in [4.69, 9.17) is 25.5 Å². The molecule has 0 unspecified atom stereocenters. The van der Waals surface area contributed by atoms with Crippen LogP contribution < -0.4 is 9.47 Å². The molecule has 0 spiro atoms. The van der Waals surface area contributed by atoms with E-state index in [-0.39, 0.29) is 25.1 Å². The summed E-state index contributed by atoms with van der Waals surface area (Å²) in [5.74, 6) is 0.856. The molecule has 0 amide bonds. The molecule has 0 fully saturated rings. The molecular formula is C17H14ClNO5. The number of nitrogens with zero attached hydrogens (tertiary/aromatic N) is 1. The number of carbonyl (C=O) groups excluding carboxylic acids is 1. The monoisotopic (exact) mass is 347 g/mol. The number of hydrogen-bond donors (Lipinski definition) is 0. The van der Waals surface area contributed by atoms with Crippen molar-refractivity contribution in [3.63, 3.8) is 0 Å². The summed E-state index contributed by atoms with van der Waals surface area (Å²) >= 11 is 5.91. The van der Waals surface area contributed by atoms with E-state index in [9.17, 15) is 4.79 Å². The third-order valence-electron chi connectivity index (χ3n) is 3.16. The van der Waals surface area contributed by atoms with Gasteiger partial charge in [0.1, 0.15) is 17.0 Å². The molecule has 24 heavy (non-hydrogen) atoms. The molecule has 0 atom stereocenters. The summed E-state index contributed by atoms with van der Waals surface area (Å²) in [5, 5.41) is 0.579. The molecule has 6 nitrogen and oxygen atoms in total. The van der Waals surface area contributed by atoms with Crippen molar-refractivity contribution in [2.75, 3.05) is 13.7 Å². The van der Waals surface area contributed by atoms with E-state index in [1.54, 1.807) is 42.5 Å². The van der Waals surface area contributed by atoms with Crippen LogP contribution in [0.15, 0.2) is 46.9 Å². The van der Waals surface area contributed by atoms with Gasteiger partial charge in [-0.05, 0) is 42.5 Å². The predicted octanol–water partition coefficient (Wildman–Crippen LogP) is 4.22. The minimum absolute atomic E-state index is 0.131. The highest BCUT2D eigenvalue weighted by molar-refractivity contribution is 6.31. The number of hydrogen-bond acceptors (Lipinski definition) is 6. The molecule has 0 N–H and O–H groups in total. The van der Waals surface area contributed by atoms with Gasteiger partial charge in [-0.3, -0.25) is 4.79 Å². The first-order valence-electron chi connectivity index (χ1n) is 7.17. The van der Waals surface area contributed by atoms with E-state index in [0.717, 1.165) is 0 Å². The lowest BCUT2D eigenvalue weighted by Crippen LogP contribution is -2.07. The van der Waals surface area contributed by atoms with Crippen LogP contribution in [0.4, 0.5) is 0 Å². The van der Waals surface area contributed by atoms with Gasteiger partial charge in [-0.2, -0.15) is 4.98 Å². The zero-order valence-corrected chi connectivity index (χ0v) is 13.6. The molecule has 1 heterocycles. The highest BCUT2D eigenvalue weighted by Gasteiger charge is 2.09. The number of benzene rings is 2. The van der Waals surface area contributed by atoms with Gasteiger partial charge in [-0.1, -0.05) is 11.6 Å². The quantitative estimate of drug-likeness (QED) is 0.622. The fourth-order valence-electron chi connectivity index (χ4n) is 1.98. The highest BCUT2D eigenvalue weighted by Crippen LogP contribution is 2.28. The summed E-state index contributed by atoms with van der Waals surface area (Å²) in [6, 6.07) is 12.0. The summed E-state index contributed by atoms with van der Waals surface area (Å²) in [7, 11) is 1.34. The van der Waals surface area contributed by atoms with Gasteiger partial charge < -0.3 is 18.6 Å². The Hall–Kier alpha value is -2.73. The van der Waals surface area contributed by atoms with Crippen molar-refractivity contribution in [2.24, 2.45) is 0 Å². The van der Waals surface area contributed by atoms with E-state index in [1.165, 1.54) is 7.11 Å². The summed E-state index contributed by atoms with van der Waals surface area (Å²) < 4.78 is 21.0. The molecule has 0 bridgehead atoms. The van der Waals surface area contributed by atoms with Crippen LogP contribution in [0, 0.1) is 0 Å². The lowest BCUT2D eigenvalue weighted by Gasteiger charge is -2.06. The molecule has 124 valence electrons. The lowest BCUT2D eigenvalue weighted by molar-refractivity contribution is -0.141. The average Bonchev–Trinajstić information content (AvgIpc) is 2.97. The Morgan fingerprint density at radius 3 is 2.67 bits per heavy atom. The van der Waals surface area contributed by atoms with Crippen LogP contribution in [-0.4, -0.2) is 24.7 Å². The lowest BCUT2D eigenvalue weighted by atomic mass is 10.3. The number of carbonyl (C=O) groups is 1. The molecule has 3 rings (SSSR count). The molecule has 0 saturated heterocycles. The normalized spacial score (nSPS) is 10.6.